The van der Waals surface area contributed by atoms with Gasteiger partial charge in [-0.25, -0.2) is 16.8 Å². The van der Waals surface area contributed by atoms with Crippen LogP contribution in [0.15, 0.2) is 11.2 Å². The molecule has 0 amide bonds. The lowest BCUT2D eigenvalue weighted by molar-refractivity contribution is 0.355. The molecule has 1 saturated heterocycles. The molecule has 1 aromatic rings. The van der Waals surface area contributed by atoms with Gasteiger partial charge in [-0.3, -0.25) is 5.10 Å². The summed E-state index contributed by atoms with van der Waals surface area (Å²) in [4.78, 5) is 0. The Morgan fingerprint density at radius 2 is 2.26 bits per heavy atom. The molecule has 1 unspecified atom stereocenters. The first-order chi connectivity index (χ1) is 8.78. The maximum absolute atomic E-state index is 12.5. The average molecular weight is 308 g/mol. The molecule has 2 heterocycles. The molecule has 1 aliphatic heterocycles. The number of sulfonamides is 1. The molecule has 1 atom stereocenters. The van der Waals surface area contributed by atoms with Crippen molar-refractivity contribution < 1.29 is 16.8 Å². The van der Waals surface area contributed by atoms with Crippen LogP contribution in [-0.2, 0) is 26.4 Å². The molecule has 1 fully saturated rings. The Morgan fingerprint density at radius 3 is 2.84 bits per heavy atom. The summed E-state index contributed by atoms with van der Waals surface area (Å²) in [6.07, 6.45) is 1.36. The maximum atomic E-state index is 12.5. The van der Waals surface area contributed by atoms with Crippen molar-refractivity contribution in [1.29, 1.82) is 0 Å². The number of H-pyrrole nitrogens is 1. The van der Waals surface area contributed by atoms with Crippen molar-refractivity contribution in [1.82, 2.24) is 14.5 Å². The molecule has 8 nitrogen and oxygen atoms in total. The second kappa shape index (κ2) is 4.85. The van der Waals surface area contributed by atoms with Crippen LogP contribution in [-0.4, -0.2) is 55.4 Å². The summed E-state index contributed by atoms with van der Waals surface area (Å²) >= 11 is 0. The predicted octanol–water partition coefficient (Wildman–Crippen LogP) is -1.32. The van der Waals surface area contributed by atoms with E-state index in [0.717, 1.165) is 0 Å². The van der Waals surface area contributed by atoms with Crippen LogP contribution in [0.3, 0.4) is 0 Å². The lowest BCUT2D eigenvalue weighted by atomic mass is 10.4. The fourth-order valence-electron chi connectivity index (χ4n) is 2.13. The Labute approximate surface area is 111 Å². The maximum Gasteiger partial charge on any atom is 0.260 e. The number of nitrogens with zero attached hydrogens (tertiary/aromatic N) is 2. The van der Waals surface area contributed by atoms with Crippen LogP contribution >= 0.6 is 0 Å². The van der Waals surface area contributed by atoms with E-state index in [1.165, 1.54) is 10.5 Å². The number of rotatable bonds is 3. The summed E-state index contributed by atoms with van der Waals surface area (Å²) in [6, 6.07) is -0.599. The van der Waals surface area contributed by atoms with Crippen LogP contribution in [0.2, 0.25) is 0 Å². The fourth-order valence-corrected chi connectivity index (χ4v) is 5.64. The summed E-state index contributed by atoms with van der Waals surface area (Å²) < 4.78 is 49.1. The monoisotopic (exact) mass is 308 g/mol. The summed E-state index contributed by atoms with van der Waals surface area (Å²) in [5.74, 6) is -0.332. The van der Waals surface area contributed by atoms with E-state index in [4.69, 9.17) is 5.73 Å². The number of nitrogens with two attached hydrogens (primary N) is 1. The van der Waals surface area contributed by atoms with E-state index in [-0.39, 0.29) is 29.6 Å². The van der Waals surface area contributed by atoms with E-state index in [2.05, 4.69) is 10.2 Å². The van der Waals surface area contributed by atoms with E-state index in [1.54, 1.807) is 6.92 Å². The van der Waals surface area contributed by atoms with Gasteiger partial charge in [-0.2, -0.15) is 9.40 Å². The van der Waals surface area contributed by atoms with Gasteiger partial charge in [-0.15, -0.1) is 0 Å². The first-order valence-electron chi connectivity index (χ1n) is 5.72. The molecule has 10 heteroatoms. The molecular formula is C9H16N4O4S2. The van der Waals surface area contributed by atoms with Crippen LogP contribution in [0.25, 0.3) is 0 Å². The van der Waals surface area contributed by atoms with Gasteiger partial charge in [-0.1, -0.05) is 0 Å². The number of hydrogen-bond donors (Lipinski definition) is 2. The fraction of sp³-hybridized carbons (Fsp3) is 0.667. The summed E-state index contributed by atoms with van der Waals surface area (Å²) in [7, 11) is -6.96. The van der Waals surface area contributed by atoms with Gasteiger partial charge in [0.05, 0.1) is 17.7 Å². The van der Waals surface area contributed by atoms with Crippen LogP contribution in [0, 0.1) is 0 Å². The van der Waals surface area contributed by atoms with Crippen molar-refractivity contribution in [3.05, 3.63) is 11.8 Å². The first kappa shape index (κ1) is 14.4. The number of aromatic amines is 1. The van der Waals surface area contributed by atoms with Crippen molar-refractivity contribution in [2.24, 2.45) is 5.73 Å². The molecule has 1 aromatic heterocycles. The van der Waals surface area contributed by atoms with Crippen molar-refractivity contribution in [3.63, 3.8) is 0 Å². The highest BCUT2D eigenvalue weighted by Crippen LogP contribution is 2.22. The molecule has 3 N–H and O–H groups in total. The van der Waals surface area contributed by atoms with Crippen molar-refractivity contribution in [2.75, 3.05) is 18.1 Å². The minimum atomic E-state index is -3.79. The van der Waals surface area contributed by atoms with Gasteiger partial charge in [0, 0.05) is 24.7 Å². The molecule has 1 aliphatic rings. The molecule has 0 aromatic carbocycles. The van der Waals surface area contributed by atoms with Crippen LogP contribution < -0.4 is 5.73 Å². The van der Waals surface area contributed by atoms with Gasteiger partial charge in [-0.05, 0) is 6.92 Å². The molecule has 0 aliphatic carbocycles. The lowest BCUT2D eigenvalue weighted by Crippen LogP contribution is -2.49. The number of aromatic nitrogens is 2. The zero-order valence-corrected chi connectivity index (χ0v) is 12.0. The van der Waals surface area contributed by atoms with E-state index < -0.39 is 25.9 Å². The van der Waals surface area contributed by atoms with Gasteiger partial charge < -0.3 is 5.73 Å². The normalized spacial score (nSPS) is 24.4. The Bertz CT molecular complexity index is 664. The summed E-state index contributed by atoms with van der Waals surface area (Å²) in [5, 5.41) is 6.05. The van der Waals surface area contributed by atoms with Crippen molar-refractivity contribution >= 4 is 19.9 Å². The molecule has 0 spiro atoms. The van der Waals surface area contributed by atoms with Crippen LogP contribution in [0.4, 0.5) is 0 Å². The molecule has 108 valence electrons. The van der Waals surface area contributed by atoms with Gasteiger partial charge in [0.25, 0.3) is 10.0 Å². The Morgan fingerprint density at radius 1 is 1.58 bits per heavy atom. The quantitative estimate of drug-likeness (QED) is 0.713. The topological polar surface area (TPSA) is 126 Å². The third kappa shape index (κ3) is 2.66. The molecule has 19 heavy (non-hydrogen) atoms. The first-order valence-corrected chi connectivity index (χ1v) is 8.98. The number of hydrogen-bond acceptors (Lipinski definition) is 6. The zero-order valence-electron chi connectivity index (χ0n) is 10.4. The Kier molecular flexibility index (Phi) is 3.69. The molecule has 0 saturated carbocycles. The highest BCUT2D eigenvalue weighted by molar-refractivity contribution is 7.92. The summed E-state index contributed by atoms with van der Waals surface area (Å²) in [6.45, 7) is 1.58. The van der Waals surface area contributed by atoms with Crippen LogP contribution in [0.1, 0.15) is 12.5 Å². The van der Waals surface area contributed by atoms with Gasteiger partial charge >= 0.3 is 0 Å². The molecule has 2 rings (SSSR count). The van der Waals surface area contributed by atoms with Gasteiger partial charge in [0.15, 0.2) is 14.9 Å². The van der Waals surface area contributed by atoms with E-state index >= 15 is 0 Å². The second-order valence-corrected chi connectivity index (χ2v) is 8.56. The minimum absolute atomic E-state index is 0.0468. The lowest BCUT2D eigenvalue weighted by Gasteiger charge is -2.31. The number of nitrogens with one attached hydrogen (secondary N) is 1. The van der Waals surface area contributed by atoms with Gasteiger partial charge in [0.2, 0.25) is 0 Å². The standard InChI is InChI=1S/C9H16N4O4S2/c1-7-6-18(14,15)3-2-13(7)19(16,17)9-8(4-10)5-11-12-9/h5,7H,2-4,6,10H2,1H3,(H,11,12). The Hall–Kier alpha value is -0.970. The molecular weight excluding hydrogens is 292 g/mol. The Balaban J connectivity index is 2.36. The van der Waals surface area contributed by atoms with E-state index in [9.17, 15) is 16.8 Å². The summed E-state index contributed by atoms with van der Waals surface area (Å²) in [5.41, 5.74) is 5.85. The van der Waals surface area contributed by atoms with Crippen LogP contribution in [0.5, 0.6) is 0 Å². The van der Waals surface area contributed by atoms with Crippen molar-refractivity contribution in [3.8, 4) is 0 Å². The van der Waals surface area contributed by atoms with Crippen molar-refractivity contribution in [2.45, 2.75) is 24.5 Å². The molecule has 0 bridgehead atoms. The smallest absolute Gasteiger partial charge is 0.260 e. The average Bonchev–Trinajstić information content (AvgIpc) is 2.75. The highest BCUT2D eigenvalue weighted by Gasteiger charge is 2.38. The third-order valence-electron chi connectivity index (χ3n) is 3.07. The molecule has 0 radical (unpaired) electrons. The zero-order chi connectivity index (χ0) is 14.3. The SMILES string of the molecule is CC1CS(=O)(=O)CCN1S(=O)(=O)c1[nH]ncc1CN. The largest absolute Gasteiger partial charge is 0.326 e. The minimum Gasteiger partial charge on any atom is -0.326 e. The predicted molar refractivity (Wildman–Crippen MR) is 68.5 cm³/mol. The van der Waals surface area contributed by atoms with E-state index in [1.807, 2.05) is 0 Å². The number of sulfone groups is 1. The van der Waals surface area contributed by atoms with E-state index in [0.29, 0.717) is 5.56 Å². The second-order valence-electron chi connectivity index (χ2n) is 4.51. The third-order valence-corrected chi connectivity index (χ3v) is 6.90. The van der Waals surface area contributed by atoms with Gasteiger partial charge in [0.1, 0.15) is 0 Å². The highest BCUT2D eigenvalue weighted by atomic mass is 32.2.